The van der Waals surface area contributed by atoms with Gasteiger partial charge in [-0.15, -0.1) is 0 Å². The van der Waals surface area contributed by atoms with Crippen molar-refractivity contribution in [1.29, 1.82) is 0 Å². The maximum Gasteiger partial charge on any atom is 0.242 e. The number of carbonyl (C=O) groups excluding carboxylic acids is 1. The number of fused-ring (bicyclic) bond motifs is 1. The van der Waals surface area contributed by atoms with Gasteiger partial charge in [-0.1, -0.05) is 17.4 Å². The van der Waals surface area contributed by atoms with E-state index in [0.29, 0.717) is 36.6 Å². The largest absolute Gasteiger partial charge is 0.393 e. The molecule has 0 saturated carbocycles. The number of likely N-dealkylation sites (N-methyl/N-ethyl adjacent to an activating group) is 1. The minimum Gasteiger partial charge on any atom is -0.393 e. The number of para-hydroxylation sites is 1. The summed E-state index contributed by atoms with van der Waals surface area (Å²) < 4.78 is 14.5. The molecule has 5 nitrogen and oxygen atoms in total. The molecule has 1 saturated heterocycles. The van der Waals surface area contributed by atoms with E-state index in [-0.39, 0.29) is 24.4 Å². The monoisotopic (exact) mass is 323 g/mol. The average molecular weight is 323 g/mol. The number of anilines is 1. The Balaban J connectivity index is 1.69. The molecule has 2 aromatic rings. The highest BCUT2D eigenvalue weighted by Crippen LogP contribution is 2.29. The molecule has 1 fully saturated rings. The normalized spacial score (nSPS) is 16.2. The molecule has 7 heteroatoms. The van der Waals surface area contributed by atoms with Gasteiger partial charge in [0.25, 0.3) is 0 Å². The highest BCUT2D eigenvalue weighted by Gasteiger charge is 2.23. The number of halogens is 1. The molecular formula is C15H18FN3O2S. The Bertz CT molecular complexity index is 682. The molecule has 1 aromatic heterocycles. The molecule has 0 aliphatic carbocycles. The van der Waals surface area contributed by atoms with Crippen LogP contribution in [0.2, 0.25) is 0 Å². The van der Waals surface area contributed by atoms with Crippen LogP contribution in [0.25, 0.3) is 10.2 Å². The van der Waals surface area contributed by atoms with E-state index in [0.717, 1.165) is 4.70 Å². The van der Waals surface area contributed by atoms with E-state index in [1.165, 1.54) is 17.4 Å². The van der Waals surface area contributed by atoms with Crippen LogP contribution in [0.3, 0.4) is 0 Å². The van der Waals surface area contributed by atoms with E-state index < -0.39 is 0 Å². The fraction of sp³-hybridized carbons (Fsp3) is 0.467. The van der Waals surface area contributed by atoms with E-state index in [9.17, 15) is 14.3 Å². The second kappa shape index (κ2) is 6.18. The molecule has 118 valence electrons. The Morgan fingerprint density at radius 1 is 1.50 bits per heavy atom. The number of aromatic nitrogens is 1. The molecule has 1 aliphatic rings. The Morgan fingerprint density at radius 2 is 2.23 bits per heavy atom. The lowest BCUT2D eigenvalue weighted by atomic mass is 10.1. The van der Waals surface area contributed by atoms with Crippen LogP contribution in [-0.2, 0) is 4.79 Å². The maximum atomic E-state index is 13.7. The van der Waals surface area contributed by atoms with Crippen LogP contribution in [0, 0.1) is 5.82 Å². The smallest absolute Gasteiger partial charge is 0.242 e. The predicted octanol–water partition coefficient (Wildman–Crippen LogP) is 1.85. The molecule has 0 unspecified atom stereocenters. The number of rotatable bonds is 3. The Morgan fingerprint density at radius 3 is 2.91 bits per heavy atom. The van der Waals surface area contributed by atoms with E-state index in [1.54, 1.807) is 22.9 Å². The van der Waals surface area contributed by atoms with Crippen LogP contribution in [0.5, 0.6) is 0 Å². The number of carbonyl (C=O) groups is 1. The summed E-state index contributed by atoms with van der Waals surface area (Å²) >= 11 is 1.37. The Labute approximate surface area is 132 Å². The van der Waals surface area contributed by atoms with Crippen molar-refractivity contribution in [1.82, 2.24) is 9.88 Å². The van der Waals surface area contributed by atoms with Gasteiger partial charge in [0.05, 0.1) is 17.3 Å². The molecule has 3 rings (SSSR count). The van der Waals surface area contributed by atoms with Crippen molar-refractivity contribution < 1.29 is 14.3 Å². The Kier molecular flexibility index (Phi) is 4.26. The van der Waals surface area contributed by atoms with Crippen LogP contribution in [0.15, 0.2) is 18.2 Å². The van der Waals surface area contributed by atoms with Crippen molar-refractivity contribution in [3.05, 3.63) is 24.0 Å². The van der Waals surface area contributed by atoms with Crippen LogP contribution in [-0.4, -0.2) is 53.7 Å². The topological polar surface area (TPSA) is 56.7 Å². The summed E-state index contributed by atoms with van der Waals surface area (Å²) in [5, 5.41) is 10.1. The first-order valence-electron chi connectivity index (χ1n) is 7.26. The molecule has 1 aliphatic heterocycles. The van der Waals surface area contributed by atoms with E-state index in [1.807, 2.05) is 6.07 Å². The van der Waals surface area contributed by atoms with Gasteiger partial charge in [-0.2, -0.15) is 0 Å². The van der Waals surface area contributed by atoms with Gasteiger partial charge in [0.15, 0.2) is 5.13 Å². The average Bonchev–Trinajstić information content (AvgIpc) is 2.93. The third-order valence-electron chi connectivity index (χ3n) is 3.87. The fourth-order valence-corrected chi connectivity index (χ4v) is 3.49. The minimum atomic E-state index is -0.343. The summed E-state index contributed by atoms with van der Waals surface area (Å²) in [5.74, 6) is -0.334. The molecule has 1 amide bonds. The molecule has 0 bridgehead atoms. The minimum absolute atomic E-state index is 0.00845. The maximum absolute atomic E-state index is 13.7. The van der Waals surface area contributed by atoms with Crippen molar-refractivity contribution in [3.63, 3.8) is 0 Å². The third-order valence-corrected chi connectivity index (χ3v) is 5.01. The lowest BCUT2D eigenvalue weighted by Crippen LogP contribution is -2.44. The summed E-state index contributed by atoms with van der Waals surface area (Å²) in [5.41, 5.74) is 0.350. The van der Waals surface area contributed by atoms with Crippen molar-refractivity contribution >= 4 is 32.6 Å². The number of hydrogen-bond donors (Lipinski definition) is 1. The van der Waals surface area contributed by atoms with Crippen LogP contribution in [0.1, 0.15) is 12.8 Å². The van der Waals surface area contributed by atoms with E-state index in [2.05, 4.69) is 4.98 Å². The zero-order valence-electron chi connectivity index (χ0n) is 12.3. The van der Waals surface area contributed by atoms with Gasteiger partial charge in [-0.05, 0) is 25.0 Å². The van der Waals surface area contributed by atoms with Crippen molar-refractivity contribution in [3.8, 4) is 0 Å². The van der Waals surface area contributed by atoms with Gasteiger partial charge in [0, 0.05) is 20.1 Å². The first kappa shape index (κ1) is 15.2. The molecule has 0 atom stereocenters. The number of hydrogen-bond acceptors (Lipinski definition) is 5. The molecule has 2 heterocycles. The standard InChI is InChI=1S/C15H18FN3O2S/c1-18(9-13(21)19-7-5-10(20)6-8-19)15-17-14-11(16)3-2-4-12(14)22-15/h2-4,10,20H,5-9H2,1H3. The van der Waals surface area contributed by atoms with Crippen molar-refractivity contribution in [2.24, 2.45) is 0 Å². The SMILES string of the molecule is CN(CC(=O)N1CCC(O)CC1)c1nc2c(F)cccc2s1. The number of aliphatic hydroxyl groups is 1. The van der Waals surface area contributed by atoms with Gasteiger partial charge < -0.3 is 14.9 Å². The molecule has 0 spiro atoms. The first-order valence-corrected chi connectivity index (χ1v) is 8.08. The van der Waals surface area contributed by atoms with Crippen LogP contribution < -0.4 is 4.90 Å². The van der Waals surface area contributed by atoms with E-state index in [4.69, 9.17) is 0 Å². The number of piperidine rings is 1. The predicted molar refractivity (Wildman–Crippen MR) is 84.7 cm³/mol. The summed E-state index contributed by atoms with van der Waals surface area (Å²) in [7, 11) is 1.78. The molecule has 1 N–H and O–H groups in total. The van der Waals surface area contributed by atoms with Crippen molar-refractivity contribution in [2.45, 2.75) is 18.9 Å². The van der Waals surface area contributed by atoms with Gasteiger partial charge in [-0.3, -0.25) is 4.79 Å². The summed E-state index contributed by atoms with van der Waals surface area (Å²) in [4.78, 5) is 20.1. The van der Waals surface area contributed by atoms with Gasteiger partial charge in [0.2, 0.25) is 5.91 Å². The van der Waals surface area contributed by atoms with E-state index >= 15 is 0 Å². The summed E-state index contributed by atoms with van der Waals surface area (Å²) in [6.07, 6.45) is 0.956. The number of nitrogens with zero attached hydrogens (tertiary/aromatic N) is 3. The molecular weight excluding hydrogens is 305 g/mol. The highest BCUT2D eigenvalue weighted by atomic mass is 32.1. The van der Waals surface area contributed by atoms with Gasteiger partial charge in [-0.25, -0.2) is 9.37 Å². The third kappa shape index (κ3) is 3.05. The second-order valence-corrected chi connectivity index (χ2v) is 6.56. The van der Waals surface area contributed by atoms with Gasteiger partial charge >= 0.3 is 0 Å². The molecule has 22 heavy (non-hydrogen) atoms. The van der Waals surface area contributed by atoms with Crippen LogP contribution in [0.4, 0.5) is 9.52 Å². The zero-order chi connectivity index (χ0) is 15.7. The molecule has 1 aromatic carbocycles. The first-order chi connectivity index (χ1) is 10.5. The number of benzene rings is 1. The molecule has 0 radical (unpaired) electrons. The lowest BCUT2D eigenvalue weighted by molar-refractivity contribution is -0.131. The Hall–Kier alpha value is -1.73. The lowest BCUT2D eigenvalue weighted by Gasteiger charge is -2.30. The highest BCUT2D eigenvalue weighted by molar-refractivity contribution is 7.22. The second-order valence-electron chi connectivity index (χ2n) is 5.55. The van der Waals surface area contributed by atoms with Crippen LogP contribution >= 0.6 is 11.3 Å². The number of amides is 1. The number of aliphatic hydroxyl groups excluding tert-OH is 1. The summed E-state index contributed by atoms with van der Waals surface area (Å²) in [6.45, 7) is 1.38. The number of likely N-dealkylation sites (tertiary alicyclic amines) is 1. The van der Waals surface area contributed by atoms with Crippen molar-refractivity contribution in [2.75, 3.05) is 31.6 Å². The van der Waals surface area contributed by atoms with Gasteiger partial charge in [0.1, 0.15) is 11.3 Å². The zero-order valence-corrected chi connectivity index (χ0v) is 13.1. The quantitative estimate of drug-likeness (QED) is 0.937. The number of thiazole rings is 1. The summed E-state index contributed by atoms with van der Waals surface area (Å²) in [6, 6.07) is 4.86. The fourth-order valence-electron chi connectivity index (χ4n) is 2.55.